The Morgan fingerprint density at radius 2 is 1.55 bits per heavy atom. The van der Waals surface area contributed by atoms with Gasteiger partial charge in [-0.25, -0.2) is 0 Å². The second kappa shape index (κ2) is 5.48. The van der Waals surface area contributed by atoms with Gasteiger partial charge in [-0.15, -0.1) is 0 Å². The predicted octanol–water partition coefficient (Wildman–Crippen LogP) is 3.42. The van der Waals surface area contributed by atoms with Gasteiger partial charge in [-0.2, -0.15) is 0 Å². The van der Waals surface area contributed by atoms with E-state index < -0.39 is 0 Å². The Kier molecular flexibility index (Phi) is 4.83. The van der Waals surface area contributed by atoms with Crippen LogP contribution in [0.15, 0.2) is 61.3 Å². The van der Waals surface area contributed by atoms with Gasteiger partial charge < -0.3 is 0 Å². The molecule has 0 unspecified atom stereocenters. The summed E-state index contributed by atoms with van der Waals surface area (Å²) in [4.78, 5) is 0. The van der Waals surface area contributed by atoms with Crippen LogP contribution in [0.25, 0.3) is 0 Å². The highest BCUT2D eigenvalue weighted by Gasteiger charge is 1.91. The average molecular weight is 146 g/mol. The van der Waals surface area contributed by atoms with Gasteiger partial charge in [0, 0.05) is 0 Å². The lowest BCUT2D eigenvalue weighted by molar-refractivity contribution is 1.51. The van der Waals surface area contributed by atoms with Crippen molar-refractivity contribution in [3.8, 4) is 0 Å². The van der Waals surface area contributed by atoms with Gasteiger partial charge >= 0.3 is 0 Å². The molecule has 0 fully saturated rings. The van der Waals surface area contributed by atoms with E-state index in [-0.39, 0.29) is 0 Å². The summed E-state index contributed by atoms with van der Waals surface area (Å²) in [6.07, 6.45) is 9.23. The highest BCUT2D eigenvalue weighted by Crippen LogP contribution is 2.11. The second-order valence-electron chi connectivity index (χ2n) is 2.01. The quantitative estimate of drug-likeness (QED) is 0.533. The molecule has 0 aliphatic carbocycles. The molecule has 0 heterocycles. The van der Waals surface area contributed by atoms with Crippen LogP contribution < -0.4 is 0 Å². The molecule has 0 bridgehead atoms. The van der Waals surface area contributed by atoms with E-state index in [0.29, 0.717) is 0 Å². The summed E-state index contributed by atoms with van der Waals surface area (Å²) in [5, 5.41) is 0. The van der Waals surface area contributed by atoms with Crippen molar-refractivity contribution in [3.63, 3.8) is 0 Å². The Morgan fingerprint density at radius 3 is 1.82 bits per heavy atom. The maximum absolute atomic E-state index is 3.69. The minimum atomic E-state index is 1.05. The molecule has 0 saturated heterocycles. The third-order valence-corrected chi connectivity index (χ3v) is 1.38. The first-order valence-electron chi connectivity index (χ1n) is 3.54. The Bertz CT molecular complexity index is 214. The lowest BCUT2D eigenvalue weighted by atomic mass is 10.1. The molecule has 0 amide bonds. The fourth-order valence-electron chi connectivity index (χ4n) is 0.811. The average Bonchev–Trinajstić information content (AvgIpc) is 2.05. The maximum atomic E-state index is 3.69. The summed E-state index contributed by atoms with van der Waals surface area (Å²) < 4.78 is 0. The van der Waals surface area contributed by atoms with E-state index >= 15 is 0 Å². The summed E-state index contributed by atoms with van der Waals surface area (Å²) in [7, 11) is 0. The van der Waals surface area contributed by atoms with Gasteiger partial charge in [0.15, 0.2) is 0 Å². The minimum Gasteiger partial charge on any atom is -0.0990 e. The van der Waals surface area contributed by atoms with Crippen molar-refractivity contribution < 1.29 is 0 Å². The number of hydrogen-bond acceptors (Lipinski definition) is 0. The van der Waals surface area contributed by atoms with Gasteiger partial charge in [0.2, 0.25) is 0 Å². The fraction of sp³-hybridized carbons (Fsp3) is 0.0909. The summed E-state index contributed by atoms with van der Waals surface area (Å²) >= 11 is 0. The molecule has 0 saturated carbocycles. The zero-order valence-corrected chi connectivity index (χ0v) is 7.01. The predicted molar refractivity (Wildman–Crippen MR) is 52.4 cm³/mol. The van der Waals surface area contributed by atoms with Crippen molar-refractivity contribution in [2.45, 2.75) is 6.92 Å². The van der Waals surface area contributed by atoms with Gasteiger partial charge in [-0.1, -0.05) is 50.1 Å². The first-order valence-corrected chi connectivity index (χ1v) is 3.54. The van der Waals surface area contributed by atoms with E-state index in [9.17, 15) is 0 Å². The Morgan fingerprint density at radius 1 is 1.00 bits per heavy atom. The van der Waals surface area contributed by atoms with E-state index in [4.69, 9.17) is 0 Å². The van der Waals surface area contributed by atoms with Crippen molar-refractivity contribution >= 4 is 0 Å². The molecule has 0 rings (SSSR count). The van der Waals surface area contributed by atoms with Crippen molar-refractivity contribution in [2.24, 2.45) is 0 Å². The lowest BCUT2D eigenvalue weighted by Crippen LogP contribution is -1.79. The zero-order chi connectivity index (χ0) is 8.69. The SMILES string of the molecule is C=C/C=C(C=C)\C(C=C)=C/C. The topological polar surface area (TPSA) is 0 Å². The smallest absolute Gasteiger partial charge is 0.0194 e. The first-order chi connectivity index (χ1) is 5.29. The molecule has 0 aliphatic heterocycles. The number of rotatable bonds is 4. The monoisotopic (exact) mass is 146 g/mol. The van der Waals surface area contributed by atoms with Crippen LogP contribution in [0.1, 0.15) is 6.92 Å². The lowest BCUT2D eigenvalue weighted by Gasteiger charge is -1.99. The molecule has 0 nitrogen and oxygen atoms in total. The standard InChI is InChI=1S/C11H14/c1-5-9-11(8-4)10(6-2)7-3/h5-9H,1-2,4H2,3H3/b10-7-,11-9-. The molecule has 58 valence electrons. The molecule has 11 heavy (non-hydrogen) atoms. The highest BCUT2D eigenvalue weighted by molar-refractivity contribution is 5.46. The fourth-order valence-corrected chi connectivity index (χ4v) is 0.811. The van der Waals surface area contributed by atoms with Crippen LogP contribution in [0.5, 0.6) is 0 Å². The van der Waals surface area contributed by atoms with E-state index in [1.807, 2.05) is 19.1 Å². The molecule has 0 N–H and O–H groups in total. The van der Waals surface area contributed by atoms with Crippen molar-refractivity contribution in [3.05, 3.63) is 61.3 Å². The van der Waals surface area contributed by atoms with Crippen LogP contribution in [-0.4, -0.2) is 0 Å². The molecule has 0 atom stereocenters. The summed E-state index contributed by atoms with van der Waals surface area (Å²) in [5.74, 6) is 0. The number of allylic oxidation sites excluding steroid dienone is 7. The molecule has 0 aliphatic rings. The third-order valence-electron chi connectivity index (χ3n) is 1.38. The Labute approximate surface area is 68.9 Å². The molecule has 0 aromatic carbocycles. The molecule has 0 aromatic heterocycles. The van der Waals surface area contributed by atoms with Gasteiger partial charge in [0.1, 0.15) is 0 Å². The van der Waals surface area contributed by atoms with Crippen molar-refractivity contribution in [1.82, 2.24) is 0 Å². The third kappa shape index (κ3) is 2.85. The van der Waals surface area contributed by atoms with E-state index in [1.165, 1.54) is 0 Å². The molecular formula is C11H14. The molecule has 0 spiro atoms. The van der Waals surface area contributed by atoms with Crippen LogP contribution in [0.4, 0.5) is 0 Å². The normalized spacial score (nSPS) is 12.5. The van der Waals surface area contributed by atoms with Gasteiger partial charge in [-0.3, -0.25) is 0 Å². The summed E-state index contributed by atoms with van der Waals surface area (Å²) in [6, 6.07) is 0. The number of hydrogen-bond donors (Lipinski definition) is 0. The van der Waals surface area contributed by atoms with Crippen molar-refractivity contribution in [2.75, 3.05) is 0 Å². The summed E-state index contributed by atoms with van der Waals surface area (Å²) in [5.41, 5.74) is 2.14. The van der Waals surface area contributed by atoms with Crippen LogP contribution in [0.3, 0.4) is 0 Å². The van der Waals surface area contributed by atoms with Crippen molar-refractivity contribution in [1.29, 1.82) is 0 Å². The van der Waals surface area contributed by atoms with Gasteiger partial charge in [0.25, 0.3) is 0 Å². The Balaban J connectivity index is 4.75. The summed E-state index contributed by atoms with van der Waals surface area (Å²) in [6.45, 7) is 13.0. The molecule has 0 aromatic rings. The van der Waals surface area contributed by atoms with Gasteiger partial charge in [-0.05, 0) is 18.1 Å². The second-order valence-corrected chi connectivity index (χ2v) is 2.01. The highest BCUT2D eigenvalue weighted by atomic mass is 14.0. The van der Waals surface area contributed by atoms with E-state index in [1.54, 1.807) is 18.2 Å². The van der Waals surface area contributed by atoms with Crippen LogP contribution in [-0.2, 0) is 0 Å². The Hall–Kier alpha value is -1.30. The molecular weight excluding hydrogens is 132 g/mol. The van der Waals surface area contributed by atoms with E-state index in [2.05, 4.69) is 19.7 Å². The van der Waals surface area contributed by atoms with Crippen LogP contribution >= 0.6 is 0 Å². The van der Waals surface area contributed by atoms with E-state index in [0.717, 1.165) is 11.1 Å². The molecule has 0 radical (unpaired) electrons. The largest absolute Gasteiger partial charge is 0.0990 e. The van der Waals surface area contributed by atoms with Crippen LogP contribution in [0.2, 0.25) is 0 Å². The molecule has 0 heteroatoms. The maximum Gasteiger partial charge on any atom is -0.0194 e. The first kappa shape index (κ1) is 9.70. The minimum absolute atomic E-state index is 1.05. The zero-order valence-electron chi connectivity index (χ0n) is 7.01. The van der Waals surface area contributed by atoms with Gasteiger partial charge in [0.05, 0.1) is 0 Å². The van der Waals surface area contributed by atoms with Crippen LogP contribution in [0, 0.1) is 0 Å².